The van der Waals surface area contributed by atoms with E-state index < -0.39 is 25.7 Å². The minimum absolute atomic E-state index is 0.0163. The number of halogens is 3. The number of carbonyl (C=O) groups excluding carboxylic acids is 1. The molecule has 1 aliphatic carbocycles. The van der Waals surface area contributed by atoms with Crippen LogP contribution >= 0.6 is 22.3 Å². The highest BCUT2D eigenvalue weighted by Crippen LogP contribution is 2.28. The van der Waals surface area contributed by atoms with Crippen LogP contribution in [-0.4, -0.2) is 20.4 Å². The second-order valence-electron chi connectivity index (χ2n) is 5.01. The van der Waals surface area contributed by atoms with Crippen molar-refractivity contribution in [3.05, 3.63) is 28.5 Å². The van der Waals surface area contributed by atoms with Crippen LogP contribution in [0.3, 0.4) is 0 Å². The van der Waals surface area contributed by atoms with Gasteiger partial charge in [-0.05, 0) is 25.0 Å². The lowest BCUT2D eigenvalue weighted by Gasteiger charge is -2.23. The van der Waals surface area contributed by atoms with E-state index in [-0.39, 0.29) is 16.6 Å². The van der Waals surface area contributed by atoms with Crippen LogP contribution in [0.1, 0.15) is 42.5 Å². The van der Waals surface area contributed by atoms with Crippen molar-refractivity contribution >= 4 is 37.2 Å². The first-order chi connectivity index (χ1) is 9.79. The van der Waals surface area contributed by atoms with Gasteiger partial charge in [-0.3, -0.25) is 4.79 Å². The van der Waals surface area contributed by atoms with Gasteiger partial charge in [0.2, 0.25) is 0 Å². The Morgan fingerprint density at radius 1 is 1.24 bits per heavy atom. The first kappa shape index (κ1) is 16.5. The Balaban J connectivity index is 2.28. The molecular formula is C13H14Cl2FNO3S. The molecule has 2 rings (SSSR count). The van der Waals surface area contributed by atoms with Gasteiger partial charge in [0.05, 0.1) is 10.6 Å². The predicted octanol–water partition coefficient (Wildman–Crippen LogP) is 3.47. The Labute approximate surface area is 132 Å². The predicted molar refractivity (Wildman–Crippen MR) is 78.8 cm³/mol. The van der Waals surface area contributed by atoms with E-state index in [0.717, 1.165) is 44.2 Å². The van der Waals surface area contributed by atoms with Gasteiger partial charge in [0.15, 0.2) is 0 Å². The number of benzene rings is 1. The third-order valence-electron chi connectivity index (χ3n) is 3.47. The van der Waals surface area contributed by atoms with Crippen LogP contribution in [0.25, 0.3) is 0 Å². The lowest BCUT2D eigenvalue weighted by molar-refractivity contribution is 0.0923. The summed E-state index contributed by atoms with van der Waals surface area (Å²) in [6.07, 6.45) is 4.81. The van der Waals surface area contributed by atoms with Gasteiger partial charge in [-0.1, -0.05) is 30.9 Å². The van der Waals surface area contributed by atoms with Gasteiger partial charge in [0.25, 0.3) is 15.0 Å². The van der Waals surface area contributed by atoms with Crippen molar-refractivity contribution in [3.8, 4) is 0 Å². The number of nitrogens with one attached hydrogen (secondary N) is 1. The first-order valence-corrected chi connectivity index (χ1v) is 9.22. The van der Waals surface area contributed by atoms with Gasteiger partial charge in [-0.2, -0.15) is 0 Å². The molecule has 116 valence electrons. The fourth-order valence-corrected chi connectivity index (χ4v) is 3.91. The number of amides is 1. The van der Waals surface area contributed by atoms with E-state index >= 15 is 0 Å². The fourth-order valence-electron chi connectivity index (χ4n) is 2.40. The highest BCUT2D eigenvalue weighted by Gasteiger charge is 2.23. The molecule has 1 saturated carbocycles. The van der Waals surface area contributed by atoms with Gasteiger partial charge >= 0.3 is 0 Å². The molecule has 21 heavy (non-hydrogen) atoms. The second-order valence-corrected chi connectivity index (χ2v) is 7.95. The summed E-state index contributed by atoms with van der Waals surface area (Å²) in [4.78, 5) is 11.6. The summed E-state index contributed by atoms with van der Waals surface area (Å²) < 4.78 is 36.6. The van der Waals surface area contributed by atoms with Crippen LogP contribution in [0.2, 0.25) is 5.02 Å². The minimum atomic E-state index is -4.15. The molecule has 1 aromatic carbocycles. The summed E-state index contributed by atoms with van der Waals surface area (Å²) in [6.45, 7) is 0. The Bertz CT molecular complexity index is 658. The van der Waals surface area contributed by atoms with E-state index in [9.17, 15) is 17.6 Å². The zero-order valence-corrected chi connectivity index (χ0v) is 13.4. The monoisotopic (exact) mass is 353 g/mol. The Morgan fingerprint density at radius 2 is 1.86 bits per heavy atom. The first-order valence-electron chi connectivity index (χ1n) is 6.53. The molecule has 0 bridgehead atoms. The maximum Gasteiger partial charge on any atom is 0.262 e. The maximum absolute atomic E-state index is 13.8. The zero-order chi connectivity index (χ0) is 15.6. The van der Waals surface area contributed by atoms with Gasteiger partial charge < -0.3 is 5.32 Å². The number of hydrogen-bond acceptors (Lipinski definition) is 3. The summed E-state index contributed by atoms with van der Waals surface area (Å²) in [5.41, 5.74) is -0.371. The number of hydrogen-bond donors (Lipinski definition) is 1. The Morgan fingerprint density at radius 3 is 2.43 bits per heavy atom. The van der Waals surface area contributed by atoms with Crippen LogP contribution < -0.4 is 5.32 Å². The third-order valence-corrected chi connectivity index (χ3v) is 5.26. The zero-order valence-electron chi connectivity index (χ0n) is 11.0. The standard InChI is InChI=1S/C13H14Cl2FNO3S/c14-10-7-11(16)9(6-12(10)21(15,19)20)13(18)17-8-4-2-1-3-5-8/h6-8H,1-5H2,(H,17,18). The molecule has 0 aromatic heterocycles. The molecule has 1 aromatic rings. The molecule has 1 aliphatic rings. The van der Waals surface area contributed by atoms with Crippen LogP contribution in [0.4, 0.5) is 4.39 Å². The smallest absolute Gasteiger partial charge is 0.262 e. The molecule has 1 fully saturated rings. The van der Waals surface area contributed by atoms with Gasteiger partial charge in [0.1, 0.15) is 10.7 Å². The molecule has 8 heteroatoms. The SMILES string of the molecule is O=C(NC1CCCCC1)c1cc(S(=O)(=O)Cl)c(Cl)cc1F. The third kappa shape index (κ3) is 4.08. The quantitative estimate of drug-likeness (QED) is 0.846. The average molecular weight is 354 g/mol. The lowest BCUT2D eigenvalue weighted by Crippen LogP contribution is -2.36. The van der Waals surface area contributed by atoms with Crippen LogP contribution in [0, 0.1) is 5.82 Å². The number of carbonyl (C=O) groups is 1. The normalized spacial score (nSPS) is 16.7. The second kappa shape index (κ2) is 6.50. The summed E-state index contributed by atoms with van der Waals surface area (Å²) in [7, 11) is 1.07. The lowest BCUT2D eigenvalue weighted by atomic mass is 9.95. The van der Waals surface area contributed by atoms with Gasteiger partial charge in [0, 0.05) is 16.7 Å². The van der Waals surface area contributed by atoms with Crippen molar-refractivity contribution < 1.29 is 17.6 Å². The van der Waals surface area contributed by atoms with Crippen molar-refractivity contribution in [2.24, 2.45) is 0 Å². The molecule has 1 amide bonds. The van der Waals surface area contributed by atoms with E-state index in [2.05, 4.69) is 5.32 Å². The molecule has 0 atom stereocenters. The van der Waals surface area contributed by atoms with Crippen molar-refractivity contribution in [1.82, 2.24) is 5.32 Å². The Kier molecular flexibility index (Phi) is 5.11. The van der Waals surface area contributed by atoms with E-state index in [1.807, 2.05) is 0 Å². The minimum Gasteiger partial charge on any atom is -0.349 e. The molecular weight excluding hydrogens is 340 g/mol. The molecule has 0 heterocycles. The summed E-state index contributed by atoms with van der Waals surface area (Å²) in [6, 6.07) is 1.64. The Hall–Kier alpha value is -0.850. The van der Waals surface area contributed by atoms with Gasteiger partial charge in [-0.25, -0.2) is 12.8 Å². The van der Waals surface area contributed by atoms with Crippen LogP contribution in [0.5, 0.6) is 0 Å². The summed E-state index contributed by atoms with van der Waals surface area (Å²) in [5.74, 6) is -1.53. The maximum atomic E-state index is 13.8. The van der Waals surface area contributed by atoms with Crippen molar-refractivity contribution in [2.45, 2.75) is 43.0 Å². The average Bonchev–Trinajstić information content (AvgIpc) is 2.38. The molecule has 0 radical (unpaired) electrons. The fraction of sp³-hybridized carbons (Fsp3) is 0.462. The van der Waals surface area contributed by atoms with E-state index in [4.69, 9.17) is 22.3 Å². The highest BCUT2D eigenvalue weighted by atomic mass is 35.7. The highest BCUT2D eigenvalue weighted by molar-refractivity contribution is 8.13. The summed E-state index contributed by atoms with van der Waals surface area (Å²) in [5, 5.41) is 2.36. The van der Waals surface area contributed by atoms with Gasteiger partial charge in [-0.15, -0.1) is 0 Å². The number of rotatable bonds is 3. The van der Waals surface area contributed by atoms with E-state index in [1.165, 1.54) is 0 Å². The molecule has 1 N–H and O–H groups in total. The molecule has 0 spiro atoms. The molecule has 4 nitrogen and oxygen atoms in total. The topological polar surface area (TPSA) is 63.2 Å². The van der Waals surface area contributed by atoms with E-state index in [1.54, 1.807) is 0 Å². The van der Waals surface area contributed by atoms with Crippen LogP contribution in [0.15, 0.2) is 17.0 Å². The molecule has 0 aliphatic heterocycles. The largest absolute Gasteiger partial charge is 0.349 e. The molecule has 0 unspecified atom stereocenters. The van der Waals surface area contributed by atoms with Crippen molar-refractivity contribution in [2.75, 3.05) is 0 Å². The van der Waals surface area contributed by atoms with E-state index in [0.29, 0.717) is 0 Å². The van der Waals surface area contributed by atoms with Crippen molar-refractivity contribution in [1.29, 1.82) is 0 Å². The molecule has 0 saturated heterocycles. The summed E-state index contributed by atoms with van der Waals surface area (Å²) >= 11 is 5.65. The van der Waals surface area contributed by atoms with Crippen LogP contribution in [-0.2, 0) is 9.05 Å². The van der Waals surface area contributed by atoms with Crippen molar-refractivity contribution in [3.63, 3.8) is 0 Å².